The molecule has 1 aromatic heterocycles. The Bertz CT molecular complexity index is 677. The molecule has 0 unspecified atom stereocenters. The van der Waals surface area contributed by atoms with E-state index in [1.54, 1.807) is 6.92 Å². The van der Waals surface area contributed by atoms with E-state index in [0.717, 1.165) is 16.6 Å². The van der Waals surface area contributed by atoms with Crippen LogP contribution in [0, 0.1) is 0 Å². The van der Waals surface area contributed by atoms with Crippen LogP contribution >= 0.6 is 0 Å². The van der Waals surface area contributed by atoms with Gasteiger partial charge in [0, 0.05) is 24.2 Å². The fourth-order valence-electron chi connectivity index (χ4n) is 2.24. The van der Waals surface area contributed by atoms with Crippen molar-refractivity contribution < 1.29 is 8.42 Å². The Hall–Kier alpha value is -1.40. The van der Waals surface area contributed by atoms with Crippen LogP contribution in [0.3, 0.4) is 0 Å². The van der Waals surface area contributed by atoms with Crippen molar-refractivity contribution in [3.05, 3.63) is 30.0 Å². The normalized spacial score (nSPS) is 12.1. The average Bonchev–Trinajstić information content (AvgIpc) is 2.78. The number of sulfone groups is 1. The Kier molecular flexibility index (Phi) is 4.77. The third-order valence-electron chi connectivity index (χ3n) is 3.34. The molecule has 1 heterocycles. The molecule has 0 radical (unpaired) electrons. The van der Waals surface area contributed by atoms with Crippen molar-refractivity contribution in [1.82, 2.24) is 15.1 Å². The Morgan fingerprint density at radius 1 is 1.30 bits per heavy atom. The maximum Gasteiger partial charge on any atom is 0.150 e. The number of aryl methyl sites for hydroxylation is 1. The van der Waals surface area contributed by atoms with Gasteiger partial charge in [0.25, 0.3) is 0 Å². The predicted octanol–water partition coefficient (Wildman–Crippen LogP) is 1.58. The molecule has 110 valence electrons. The van der Waals surface area contributed by atoms with Crippen LogP contribution in [0.1, 0.15) is 19.0 Å². The van der Waals surface area contributed by atoms with Crippen LogP contribution in [0.2, 0.25) is 0 Å². The summed E-state index contributed by atoms with van der Waals surface area (Å²) in [6.07, 6.45) is 0.598. The van der Waals surface area contributed by atoms with Gasteiger partial charge in [-0.1, -0.05) is 25.1 Å². The van der Waals surface area contributed by atoms with E-state index in [2.05, 4.69) is 10.4 Å². The van der Waals surface area contributed by atoms with Crippen molar-refractivity contribution in [2.75, 3.05) is 18.6 Å². The zero-order valence-electron chi connectivity index (χ0n) is 12.0. The summed E-state index contributed by atoms with van der Waals surface area (Å²) < 4.78 is 25.0. The lowest BCUT2D eigenvalue weighted by Crippen LogP contribution is -2.12. The molecule has 1 N–H and O–H groups in total. The second-order valence-electron chi connectivity index (χ2n) is 4.81. The third-order valence-corrected chi connectivity index (χ3v) is 5.13. The highest BCUT2D eigenvalue weighted by Crippen LogP contribution is 2.18. The summed E-state index contributed by atoms with van der Waals surface area (Å²) in [6.45, 7) is 3.02. The molecule has 0 bridgehead atoms. The van der Waals surface area contributed by atoms with Gasteiger partial charge < -0.3 is 5.32 Å². The number of nitrogens with one attached hydrogen (secondary N) is 1. The van der Waals surface area contributed by atoms with Crippen molar-refractivity contribution in [2.45, 2.75) is 26.4 Å². The first-order chi connectivity index (χ1) is 9.57. The molecular formula is C14H21N3O2S. The minimum absolute atomic E-state index is 0.206. The molecule has 2 rings (SSSR count). The van der Waals surface area contributed by atoms with Gasteiger partial charge in [0.15, 0.2) is 0 Å². The fourth-order valence-corrected chi connectivity index (χ4v) is 3.10. The molecule has 0 aliphatic carbocycles. The fraction of sp³-hybridized carbons (Fsp3) is 0.500. The van der Waals surface area contributed by atoms with Crippen molar-refractivity contribution in [1.29, 1.82) is 0 Å². The molecular weight excluding hydrogens is 274 g/mol. The Morgan fingerprint density at radius 3 is 2.75 bits per heavy atom. The van der Waals surface area contributed by atoms with Gasteiger partial charge in [-0.05, 0) is 19.5 Å². The van der Waals surface area contributed by atoms with Gasteiger partial charge in [0.05, 0.1) is 17.0 Å². The van der Waals surface area contributed by atoms with Crippen molar-refractivity contribution in [3.8, 4) is 0 Å². The topological polar surface area (TPSA) is 64.0 Å². The molecule has 0 spiro atoms. The zero-order valence-corrected chi connectivity index (χ0v) is 12.8. The van der Waals surface area contributed by atoms with Crippen LogP contribution in [0.15, 0.2) is 24.3 Å². The second kappa shape index (κ2) is 6.37. The van der Waals surface area contributed by atoms with E-state index < -0.39 is 9.84 Å². The SMILES string of the molecule is CCS(=O)(=O)CCCn1nc(CNC)c2ccccc21. The second-order valence-corrected chi connectivity index (χ2v) is 7.28. The summed E-state index contributed by atoms with van der Waals surface area (Å²) in [7, 11) is -1.01. The lowest BCUT2D eigenvalue weighted by molar-refractivity contribution is 0.576. The van der Waals surface area contributed by atoms with E-state index in [9.17, 15) is 8.42 Å². The summed E-state index contributed by atoms with van der Waals surface area (Å²) in [5, 5.41) is 8.82. The highest BCUT2D eigenvalue weighted by atomic mass is 32.2. The quantitative estimate of drug-likeness (QED) is 0.842. The number of benzene rings is 1. The molecule has 0 atom stereocenters. The largest absolute Gasteiger partial charge is 0.314 e. The number of fused-ring (bicyclic) bond motifs is 1. The van der Waals surface area contributed by atoms with E-state index in [0.29, 0.717) is 19.5 Å². The molecule has 0 aliphatic heterocycles. The summed E-state index contributed by atoms with van der Waals surface area (Å²) in [4.78, 5) is 0. The van der Waals surface area contributed by atoms with Gasteiger partial charge in [0.1, 0.15) is 9.84 Å². The molecule has 20 heavy (non-hydrogen) atoms. The number of para-hydroxylation sites is 1. The number of nitrogens with zero attached hydrogens (tertiary/aromatic N) is 2. The van der Waals surface area contributed by atoms with Gasteiger partial charge in [-0.15, -0.1) is 0 Å². The predicted molar refractivity (Wildman–Crippen MR) is 81.4 cm³/mol. The van der Waals surface area contributed by atoms with Crippen molar-refractivity contribution >= 4 is 20.7 Å². The van der Waals surface area contributed by atoms with Crippen LogP contribution < -0.4 is 5.32 Å². The van der Waals surface area contributed by atoms with Crippen LogP contribution in [-0.4, -0.2) is 36.8 Å². The summed E-state index contributed by atoms with van der Waals surface area (Å²) in [6, 6.07) is 8.05. The minimum atomic E-state index is -2.90. The zero-order chi connectivity index (χ0) is 14.6. The van der Waals surface area contributed by atoms with Crippen molar-refractivity contribution in [2.24, 2.45) is 0 Å². The van der Waals surface area contributed by atoms with Crippen LogP contribution in [0.5, 0.6) is 0 Å². The maximum absolute atomic E-state index is 11.5. The summed E-state index contributed by atoms with van der Waals surface area (Å²) >= 11 is 0. The smallest absolute Gasteiger partial charge is 0.150 e. The van der Waals surface area contributed by atoms with E-state index in [1.807, 2.05) is 36.0 Å². The van der Waals surface area contributed by atoms with E-state index in [-0.39, 0.29) is 11.5 Å². The Balaban J connectivity index is 2.18. The van der Waals surface area contributed by atoms with Gasteiger partial charge >= 0.3 is 0 Å². The highest BCUT2D eigenvalue weighted by molar-refractivity contribution is 7.91. The lowest BCUT2D eigenvalue weighted by atomic mass is 10.2. The van der Waals surface area contributed by atoms with Gasteiger partial charge in [0.2, 0.25) is 0 Å². The first-order valence-electron chi connectivity index (χ1n) is 6.87. The molecule has 6 heteroatoms. The molecule has 1 aromatic carbocycles. The maximum atomic E-state index is 11.5. The molecule has 0 saturated carbocycles. The van der Waals surface area contributed by atoms with Crippen LogP contribution in [0.25, 0.3) is 10.9 Å². The van der Waals surface area contributed by atoms with Crippen LogP contribution in [-0.2, 0) is 22.9 Å². The van der Waals surface area contributed by atoms with E-state index in [1.165, 1.54) is 0 Å². The third kappa shape index (κ3) is 3.37. The monoisotopic (exact) mass is 295 g/mol. The summed E-state index contributed by atoms with van der Waals surface area (Å²) in [5.74, 6) is 0.427. The highest BCUT2D eigenvalue weighted by Gasteiger charge is 2.11. The average molecular weight is 295 g/mol. The number of aromatic nitrogens is 2. The number of hydrogen-bond acceptors (Lipinski definition) is 4. The number of hydrogen-bond donors (Lipinski definition) is 1. The minimum Gasteiger partial charge on any atom is -0.314 e. The van der Waals surface area contributed by atoms with E-state index in [4.69, 9.17) is 0 Å². The molecule has 0 fully saturated rings. The van der Waals surface area contributed by atoms with Crippen molar-refractivity contribution in [3.63, 3.8) is 0 Å². The van der Waals surface area contributed by atoms with E-state index >= 15 is 0 Å². The van der Waals surface area contributed by atoms with Gasteiger partial charge in [-0.3, -0.25) is 4.68 Å². The van der Waals surface area contributed by atoms with Crippen LogP contribution in [0.4, 0.5) is 0 Å². The van der Waals surface area contributed by atoms with Gasteiger partial charge in [-0.25, -0.2) is 8.42 Å². The Labute approximate surface area is 119 Å². The first kappa shape index (κ1) is 15.0. The first-order valence-corrected chi connectivity index (χ1v) is 8.69. The molecule has 0 saturated heterocycles. The number of rotatable bonds is 7. The van der Waals surface area contributed by atoms with Gasteiger partial charge in [-0.2, -0.15) is 5.10 Å². The molecule has 5 nitrogen and oxygen atoms in total. The Morgan fingerprint density at radius 2 is 2.05 bits per heavy atom. The lowest BCUT2D eigenvalue weighted by Gasteiger charge is -2.03. The summed E-state index contributed by atoms with van der Waals surface area (Å²) in [5.41, 5.74) is 2.06. The molecule has 0 aliphatic rings. The molecule has 2 aromatic rings. The standard InChI is InChI=1S/C14H21N3O2S/c1-3-20(18,19)10-6-9-17-14-8-5-4-7-12(14)13(16-17)11-15-2/h4-5,7-8,15H,3,6,9-11H2,1-2H3. The molecule has 0 amide bonds.